The number of hydrogen-bond acceptors (Lipinski definition) is 3. The first kappa shape index (κ1) is 29.0. The number of nitrogens with zero attached hydrogens (tertiary/aromatic N) is 3. The third kappa shape index (κ3) is 4.94. The number of pyridine rings is 1. The first-order chi connectivity index (χ1) is 24.0. The molecule has 0 spiro atoms. The maximum atomic E-state index is 5.25. The van der Waals surface area contributed by atoms with E-state index in [0.717, 1.165) is 44.9 Å². The van der Waals surface area contributed by atoms with E-state index in [4.69, 9.17) is 9.97 Å². The molecule has 0 unspecified atom stereocenters. The van der Waals surface area contributed by atoms with Crippen LogP contribution in [-0.4, -0.2) is 15.0 Å². The van der Waals surface area contributed by atoms with E-state index in [0.29, 0.717) is 5.82 Å². The molecule has 0 bridgehead atoms. The van der Waals surface area contributed by atoms with Gasteiger partial charge < -0.3 is 0 Å². The monoisotopic (exact) mass is 627 g/mol. The van der Waals surface area contributed by atoms with E-state index in [1.54, 1.807) is 0 Å². The highest BCUT2D eigenvalue weighted by molar-refractivity contribution is 6.00. The molecule has 6 aromatic carbocycles. The van der Waals surface area contributed by atoms with E-state index < -0.39 is 0 Å². The van der Waals surface area contributed by atoms with Crippen molar-refractivity contribution in [1.82, 2.24) is 15.0 Å². The Morgan fingerprint density at radius 3 is 1.84 bits per heavy atom. The lowest BCUT2D eigenvalue weighted by atomic mass is 9.81. The van der Waals surface area contributed by atoms with Crippen LogP contribution in [0.25, 0.3) is 78.2 Å². The van der Waals surface area contributed by atoms with Gasteiger partial charge in [0.1, 0.15) is 0 Å². The standard InChI is InChI=1S/C46H33N3/c1-46(2)39-23-13-22-37(44(39)38-27-31-16-6-7-17-32(31)28-40(38)46)35-20-8-9-21-36(35)43-29-42(48-45(49-43)30-14-4-3-5-15-30)34-19-12-18-33(26-34)41-24-10-11-25-47-41/h3-29H,1-2H3. The Balaban J connectivity index is 1.26. The molecule has 2 aromatic heterocycles. The summed E-state index contributed by atoms with van der Waals surface area (Å²) in [6.45, 7) is 4.70. The fourth-order valence-electron chi connectivity index (χ4n) is 7.46. The minimum atomic E-state index is -0.124. The van der Waals surface area contributed by atoms with Crippen LogP contribution in [0.5, 0.6) is 0 Å². The summed E-state index contributed by atoms with van der Waals surface area (Å²) in [6.07, 6.45) is 1.83. The highest BCUT2D eigenvalue weighted by Crippen LogP contribution is 2.54. The Morgan fingerprint density at radius 2 is 1.04 bits per heavy atom. The second kappa shape index (κ2) is 11.5. The van der Waals surface area contributed by atoms with Gasteiger partial charge in [0.25, 0.3) is 0 Å². The lowest BCUT2D eigenvalue weighted by molar-refractivity contribution is 0.661. The van der Waals surface area contributed by atoms with Crippen molar-refractivity contribution < 1.29 is 0 Å². The average molecular weight is 628 g/mol. The first-order valence-electron chi connectivity index (χ1n) is 16.8. The zero-order valence-corrected chi connectivity index (χ0v) is 27.4. The third-order valence-corrected chi connectivity index (χ3v) is 9.94. The fraction of sp³-hybridized carbons (Fsp3) is 0.0652. The highest BCUT2D eigenvalue weighted by Gasteiger charge is 2.37. The Bertz CT molecular complexity index is 2520. The molecule has 49 heavy (non-hydrogen) atoms. The molecule has 3 nitrogen and oxygen atoms in total. The van der Waals surface area contributed by atoms with Crippen molar-refractivity contribution in [2.45, 2.75) is 19.3 Å². The molecule has 232 valence electrons. The molecule has 0 radical (unpaired) electrons. The minimum absolute atomic E-state index is 0.124. The van der Waals surface area contributed by atoms with Crippen molar-refractivity contribution in [3.63, 3.8) is 0 Å². The summed E-state index contributed by atoms with van der Waals surface area (Å²) >= 11 is 0. The second-order valence-electron chi connectivity index (χ2n) is 13.3. The maximum Gasteiger partial charge on any atom is 0.160 e. The van der Waals surface area contributed by atoms with Gasteiger partial charge in [-0.05, 0) is 80.6 Å². The van der Waals surface area contributed by atoms with E-state index in [1.807, 2.05) is 42.6 Å². The van der Waals surface area contributed by atoms with Gasteiger partial charge in [-0.1, -0.05) is 135 Å². The molecule has 0 saturated heterocycles. The quantitative estimate of drug-likeness (QED) is 0.191. The van der Waals surface area contributed by atoms with Crippen LogP contribution in [0.2, 0.25) is 0 Å². The van der Waals surface area contributed by atoms with Crippen LogP contribution in [0.4, 0.5) is 0 Å². The molecule has 0 aliphatic heterocycles. The molecular formula is C46H33N3. The topological polar surface area (TPSA) is 38.7 Å². The van der Waals surface area contributed by atoms with Crippen molar-refractivity contribution >= 4 is 10.8 Å². The van der Waals surface area contributed by atoms with E-state index in [9.17, 15) is 0 Å². The van der Waals surface area contributed by atoms with E-state index in [1.165, 1.54) is 38.6 Å². The smallest absolute Gasteiger partial charge is 0.160 e. The summed E-state index contributed by atoms with van der Waals surface area (Å²) in [5.41, 5.74) is 14.4. The van der Waals surface area contributed by atoms with Crippen molar-refractivity contribution in [2.75, 3.05) is 0 Å². The van der Waals surface area contributed by atoms with Crippen LogP contribution in [0.3, 0.4) is 0 Å². The van der Waals surface area contributed by atoms with Crippen LogP contribution < -0.4 is 0 Å². The summed E-state index contributed by atoms with van der Waals surface area (Å²) in [5.74, 6) is 0.697. The Hall–Kier alpha value is -6.19. The van der Waals surface area contributed by atoms with Gasteiger partial charge in [-0.2, -0.15) is 0 Å². The Morgan fingerprint density at radius 1 is 0.408 bits per heavy atom. The predicted octanol–water partition coefficient (Wildman–Crippen LogP) is 11.7. The third-order valence-electron chi connectivity index (χ3n) is 9.94. The molecule has 0 N–H and O–H groups in total. The van der Waals surface area contributed by atoms with Crippen molar-refractivity contribution in [3.05, 3.63) is 175 Å². The van der Waals surface area contributed by atoms with Crippen LogP contribution in [0.1, 0.15) is 25.0 Å². The van der Waals surface area contributed by atoms with Gasteiger partial charge in [0.15, 0.2) is 5.82 Å². The molecule has 1 aliphatic carbocycles. The number of aromatic nitrogens is 3. The number of benzene rings is 6. The van der Waals surface area contributed by atoms with Crippen LogP contribution >= 0.6 is 0 Å². The Kier molecular flexibility index (Phi) is 6.80. The minimum Gasteiger partial charge on any atom is -0.256 e. The van der Waals surface area contributed by atoms with Gasteiger partial charge in [0.2, 0.25) is 0 Å². The van der Waals surface area contributed by atoms with Crippen molar-refractivity contribution in [2.24, 2.45) is 0 Å². The molecule has 2 heterocycles. The molecule has 0 fully saturated rings. The number of hydrogen-bond donors (Lipinski definition) is 0. The number of rotatable bonds is 5. The lowest BCUT2D eigenvalue weighted by Gasteiger charge is -2.22. The maximum absolute atomic E-state index is 5.25. The van der Waals surface area contributed by atoms with Crippen LogP contribution in [0, 0.1) is 0 Å². The number of fused-ring (bicyclic) bond motifs is 4. The van der Waals surface area contributed by atoms with E-state index in [2.05, 4.69) is 140 Å². The van der Waals surface area contributed by atoms with Gasteiger partial charge in [-0.3, -0.25) is 4.98 Å². The van der Waals surface area contributed by atoms with Crippen molar-refractivity contribution in [3.8, 4) is 67.4 Å². The lowest BCUT2D eigenvalue weighted by Crippen LogP contribution is -2.14. The molecule has 3 heteroatoms. The molecule has 0 saturated carbocycles. The summed E-state index contributed by atoms with van der Waals surface area (Å²) in [5, 5.41) is 2.53. The van der Waals surface area contributed by atoms with Gasteiger partial charge in [-0.15, -0.1) is 0 Å². The molecule has 1 aliphatic rings. The summed E-state index contributed by atoms with van der Waals surface area (Å²) in [7, 11) is 0. The van der Waals surface area contributed by atoms with E-state index >= 15 is 0 Å². The van der Waals surface area contributed by atoms with E-state index in [-0.39, 0.29) is 5.41 Å². The SMILES string of the molecule is CC1(C)c2cc3ccccc3cc2-c2c(-c3ccccc3-c3cc(-c4cccc(-c5ccccn5)c4)nc(-c4ccccc4)n3)cccc21. The molecule has 0 amide bonds. The molecule has 8 aromatic rings. The molecule has 0 atom stereocenters. The summed E-state index contributed by atoms with van der Waals surface area (Å²) < 4.78 is 0. The van der Waals surface area contributed by atoms with Gasteiger partial charge in [0, 0.05) is 33.9 Å². The van der Waals surface area contributed by atoms with Gasteiger partial charge >= 0.3 is 0 Å². The summed E-state index contributed by atoms with van der Waals surface area (Å²) in [4.78, 5) is 15.0. The average Bonchev–Trinajstić information content (AvgIpc) is 3.39. The largest absolute Gasteiger partial charge is 0.256 e. The second-order valence-corrected chi connectivity index (χ2v) is 13.3. The van der Waals surface area contributed by atoms with Gasteiger partial charge in [-0.25, -0.2) is 9.97 Å². The summed E-state index contributed by atoms with van der Waals surface area (Å²) in [6, 6.07) is 55.8. The van der Waals surface area contributed by atoms with Crippen molar-refractivity contribution in [1.29, 1.82) is 0 Å². The fourth-order valence-corrected chi connectivity index (χ4v) is 7.46. The predicted molar refractivity (Wildman–Crippen MR) is 202 cm³/mol. The van der Waals surface area contributed by atoms with Crippen LogP contribution in [0.15, 0.2) is 164 Å². The first-order valence-corrected chi connectivity index (χ1v) is 16.8. The highest BCUT2D eigenvalue weighted by atomic mass is 14.9. The molecular weight excluding hydrogens is 595 g/mol. The van der Waals surface area contributed by atoms with Crippen LogP contribution in [-0.2, 0) is 5.41 Å². The van der Waals surface area contributed by atoms with Gasteiger partial charge in [0.05, 0.1) is 17.1 Å². The Labute approximate surface area is 286 Å². The zero-order valence-electron chi connectivity index (χ0n) is 27.4. The normalized spacial score (nSPS) is 12.9. The molecule has 9 rings (SSSR count). The zero-order chi connectivity index (χ0) is 33.0.